The Hall–Kier alpha value is -2.12. The lowest BCUT2D eigenvalue weighted by atomic mass is 10.00. The Morgan fingerprint density at radius 2 is 1.81 bits per heavy atom. The number of carbonyl (C=O) groups excluding carboxylic acids is 2. The van der Waals surface area contributed by atoms with E-state index in [9.17, 15) is 9.59 Å². The van der Waals surface area contributed by atoms with Crippen molar-refractivity contribution in [3.8, 4) is 11.8 Å². The average Bonchev–Trinajstić information content (AvgIpc) is 2.96. The summed E-state index contributed by atoms with van der Waals surface area (Å²) in [5.41, 5.74) is 6.67. The molecular weight excluding hydrogens is 264 g/mol. The lowest BCUT2D eigenvalue weighted by Crippen LogP contribution is -2.32. The average molecular weight is 282 g/mol. The second-order valence-electron chi connectivity index (χ2n) is 5.82. The van der Waals surface area contributed by atoms with E-state index in [0.29, 0.717) is 17.2 Å². The number of hydrogen-bond donors (Lipinski definition) is 1. The van der Waals surface area contributed by atoms with E-state index in [1.54, 1.807) is 6.07 Å². The number of imide groups is 1. The molecular formula is C17H18N2O2. The summed E-state index contributed by atoms with van der Waals surface area (Å²) in [7, 11) is 0. The summed E-state index contributed by atoms with van der Waals surface area (Å²) in [6.45, 7) is 2.35. The summed E-state index contributed by atoms with van der Waals surface area (Å²) in [5.74, 6) is 5.73. The highest BCUT2D eigenvalue weighted by molar-refractivity contribution is 6.22. The topological polar surface area (TPSA) is 63.4 Å². The SMILES string of the molecule is CC1CC2C(=O)N(c3ccccc3C#CCN)C(=O)C2C1. The molecule has 2 amide bonds. The summed E-state index contributed by atoms with van der Waals surface area (Å²) in [4.78, 5) is 26.5. The van der Waals surface area contributed by atoms with Gasteiger partial charge in [-0.3, -0.25) is 9.59 Å². The van der Waals surface area contributed by atoms with Gasteiger partial charge in [-0.1, -0.05) is 30.9 Å². The molecule has 0 radical (unpaired) electrons. The molecule has 3 rings (SSSR count). The first-order valence-electron chi connectivity index (χ1n) is 7.29. The van der Waals surface area contributed by atoms with Gasteiger partial charge in [0.1, 0.15) is 0 Å². The van der Waals surface area contributed by atoms with Crippen LogP contribution in [-0.4, -0.2) is 18.4 Å². The van der Waals surface area contributed by atoms with Gasteiger partial charge in [0.2, 0.25) is 11.8 Å². The summed E-state index contributed by atoms with van der Waals surface area (Å²) in [6, 6.07) is 7.26. The minimum absolute atomic E-state index is 0.0728. The van der Waals surface area contributed by atoms with Gasteiger partial charge in [-0.05, 0) is 30.9 Å². The molecule has 2 N–H and O–H groups in total. The van der Waals surface area contributed by atoms with Crippen molar-refractivity contribution < 1.29 is 9.59 Å². The van der Waals surface area contributed by atoms with Gasteiger partial charge in [0, 0.05) is 5.56 Å². The van der Waals surface area contributed by atoms with Crippen molar-refractivity contribution in [1.29, 1.82) is 0 Å². The van der Waals surface area contributed by atoms with Crippen LogP contribution in [0, 0.1) is 29.6 Å². The minimum Gasteiger partial charge on any atom is -0.320 e. The molecule has 1 heterocycles. The Balaban J connectivity index is 1.99. The molecule has 108 valence electrons. The molecule has 1 aliphatic carbocycles. The van der Waals surface area contributed by atoms with Crippen LogP contribution in [0.25, 0.3) is 0 Å². The molecule has 0 bridgehead atoms. The van der Waals surface area contributed by atoms with Gasteiger partial charge in [-0.15, -0.1) is 0 Å². The maximum atomic E-state index is 12.6. The first kappa shape index (κ1) is 13.8. The fraction of sp³-hybridized carbons (Fsp3) is 0.412. The largest absolute Gasteiger partial charge is 0.320 e. The molecule has 1 aromatic rings. The number of nitrogens with zero attached hydrogens (tertiary/aromatic N) is 1. The van der Waals surface area contributed by atoms with Crippen LogP contribution in [0.1, 0.15) is 25.3 Å². The molecule has 4 heteroatoms. The second-order valence-corrected chi connectivity index (χ2v) is 5.82. The highest BCUT2D eigenvalue weighted by Gasteiger charge is 2.52. The fourth-order valence-corrected chi connectivity index (χ4v) is 3.44. The van der Waals surface area contributed by atoms with Gasteiger partial charge in [0.15, 0.2) is 0 Å². The smallest absolute Gasteiger partial charge is 0.237 e. The molecule has 1 saturated carbocycles. The van der Waals surface area contributed by atoms with Crippen LogP contribution < -0.4 is 10.6 Å². The third kappa shape index (κ3) is 2.24. The van der Waals surface area contributed by atoms with Crippen LogP contribution in [0.5, 0.6) is 0 Å². The number of hydrogen-bond acceptors (Lipinski definition) is 3. The van der Waals surface area contributed by atoms with Crippen LogP contribution in [0.3, 0.4) is 0 Å². The van der Waals surface area contributed by atoms with Crippen LogP contribution in [0.2, 0.25) is 0 Å². The molecule has 1 aromatic carbocycles. The zero-order valence-corrected chi connectivity index (χ0v) is 12.0. The number of fused-ring (bicyclic) bond motifs is 1. The van der Waals surface area contributed by atoms with E-state index >= 15 is 0 Å². The van der Waals surface area contributed by atoms with Crippen molar-refractivity contribution in [3.05, 3.63) is 29.8 Å². The minimum atomic E-state index is -0.150. The van der Waals surface area contributed by atoms with E-state index in [1.165, 1.54) is 4.90 Å². The van der Waals surface area contributed by atoms with Gasteiger partial charge in [0.25, 0.3) is 0 Å². The van der Waals surface area contributed by atoms with E-state index in [2.05, 4.69) is 18.8 Å². The number of para-hydroxylation sites is 1. The van der Waals surface area contributed by atoms with Crippen LogP contribution in [0.15, 0.2) is 24.3 Å². The number of nitrogens with two attached hydrogens (primary N) is 1. The number of anilines is 1. The second kappa shape index (κ2) is 5.34. The monoisotopic (exact) mass is 282 g/mol. The van der Waals surface area contributed by atoms with E-state index in [-0.39, 0.29) is 30.2 Å². The Bertz CT molecular complexity index is 632. The van der Waals surface area contributed by atoms with Crippen molar-refractivity contribution in [3.63, 3.8) is 0 Å². The van der Waals surface area contributed by atoms with Crippen LogP contribution in [0.4, 0.5) is 5.69 Å². The first-order valence-corrected chi connectivity index (χ1v) is 7.29. The summed E-state index contributed by atoms with van der Waals surface area (Å²) < 4.78 is 0. The van der Waals surface area contributed by atoms with Crippen molar-refractivity contribution in [2.75, 3.05) is 11.4 Å². The summed E-state index contributed by atoms with van der Waals surface area (Å²) in [6.07, 6.45) is 1.62. The summed E-state index contributed by atoms with van der Waals surface area (Å²) in [5, 5.41) is 0. The van der Waals surface area contributed by atoms with E-state index in [0.717, 1.165) is 12.8 Å². The number of carbonyl (C=O) groups is 2. The normalized spacial score (nSPS) is 27.5. The van der Waals surface area contributed by atoms with E-state index in [4.69, 9.17) is 5.73 Å². The van der Waals surface area contributed by atoms with Gasteiger partial charge in [-0.25, -0.2) is 4.90 Å². The molecule has 1 saturated heterocycles. The third-order valence-corrected chi connectivity index (χ3v) is 4.34. The highest BCUT2D eigenvalue weighted by Crippen LogP contribution is 2.44. The lowest BCUT2D eigenvalue weighted by molar-refractivity contribution is -0.123. The van der Waals surface area contributed by atoms with Gasteiger partial charge >= 0.3 is 0 Å². The number of amides is 2. The Morgan fingerprint density at radius 3 is 2.43 bits per heavy atom. The predicted octanol–water partition coefficient (Wildman–Crippen LogP) is 1.53. The standard InChI is InChI=1S/C17H18N2O2/c1-11-9-13-14(10-11)17(21)19(16(13)20)15-7-3-2-5-12(15)6-4-8-18/h2-3,5,7,11,13-14H,8-10,18H2,1H3. The summed E-state index contributed by atoms with van der Waals surface area (Å²) >= 11 is 0. The van der Waals surface area contributed by atoms with Crippen molar-refractivity contribution in [1.82, 2.24) is 0 Å². The molecule has 21 heavy (non-hydrogen) atoms. The highest BCUT2D eigenvalue weighted by atomic mass is 16.2. The van der Waals surface area contributed by atoms with Gasteiger partial charge in [0.05, 0.1) is 24.1 Å². The molecule has 1 aliphatic heterocycles. The van der Waals surface area contributed by atoms with E-state index in [1.807, 2.05) is 18.2 Å². The maximum Gasteiger partial charge on any atom is 0.237 e. The molecule has 2 aliphatic rings. The number of benzene rings is 1. The zero-order valence-electron chi connectivity index (χ0n) is 12.0. The molecule has 2 unspecified atom stereocenters. The maximum absolute atomic E-state index is 12.6. The van der Waals surface area contributed by atoms with Crippen molar-refractivity contribution in [2.24, 2.45) is 23.5 Å². The first-order chi connectivity index (χ1) is 10.1. The third-order valence-electron chi connectivity index (χ3n) is 4.34. The van der Waals surface area contributed by atoms with Gasteiger partial charge in [-0.2, -0.15) is 0 Å². The molecule has 0 aromatic heterocycles. The lowest BCUT2D eigenvalue weighted by Gasteiger charge is -2.18. The number of rotatable bonds is 1. The Labute approximate surface area is 124 Å². The zero-order chi connectivity index (χ0) is 15.0. The van der Waals surface area contributed by atoms with Crippen LogP contribution in [-0.2, 0) is 9.59 Å². The van der Waals surface area contributed by atoms with Crippen LogP contribution >= 0.6 is 0 Å². The predicted molar refractivity (Wildman–Crippen MR) is 80.2 cm³/mol. The molecule has 0 spiro atoms. The Morgan fingerprint density at radius 1 is 1.19 bits per heavy atom. The fourth-order valence-electron chi connectivity index (χ4n) is 3.44. The molecule has 4 nitrogen and oxygen atoms in total. The van der Waals surface area contributed by atoms with Gasteiger partial charge < -0.3 is 5.73 Å². The quantitative estimate of drug-likeness (QED) is 0.627. The molecule has 2 fully saturated rings. The van der Waals surface area contributed by atoms with Crippen molar-refractivity contribution >= 4 is 17.5 Å². The molecule has 2 atom stereocenters. The van der Waals surface area contributed by atoms with Crippen molar-refractivity contribution in [2.45, 2.75) is 19.8 Å². The Kier molecular flexibility index (Phi) is 3.52. The van der Waals surface area contributed by atoms with E-state index < -0.39 is 0 Å².